The Morgan fingerprint density at radius 3 is 2.35 bits per heavy atom. The van der Waals surface area contributed by atoms with Gasteiger partial charge in [0.05, 0.1) is 7.11 Å². The molecule has 2 aromatic carbocycles. The lowest BCUT2D eigenvalue weighted by Gasteiger charge is -2.15. The minimum atomic E-state index is 0.120. The summed E-state index contributed by atoms with van der Waals surface area (Å²) in [5.74, 6) is 1.05. The van der Waals surface area contributed by atoms with Gasteiger partial charge in [0, 0.05) is 6.61 Å². The van der Waals surface area contributed by atoms with Crippen LogP contribution in [0, 0.1) is 12.8 Å². The maximum atomic E-state index is 9.62. The fourth-order valence-corrected chi connectivity index (χ4v) is 2.68. The zero-order valence-electron chi connectivity index (χ0n) is 13.6. The van der Waals surface area contributed by atoms with Gasteiger partial charge < -0.3 is 20.1 Å². The SMILES string of the molecule is COc1cc(CC[C@H](CO)Cc2ccc(O)c(C)c2)ccc1O. The van der Waals surface area contributed by atoms with E-state index in [-0.39, 0.29) is 18.3 Å². The van der Waals surface area contributed by atoms with Crippen LogP contribution in [0.15, 0.2) is 36.4 Å². The molecule has 23 heavy (non-hydrogen) atoms. The van der Waals surface area contributed by atoms with Gasteiger partial charge in [-0.1, -0.05) is 18.2 Å². The molecule has 0 unspecified atom stereocenters. The molecule has 4 nitrogen and oxygen atoms in total. The van der Waals surface area contributed by atoms with Gasteiger partial charge in [0.25, 0.3) is 0 Å². The van der Waals surface area contributed by atoms with Crippen molar-refractivity contribution in [1.82, 2.24) is 0 Å². The van der Waals surface area contributed by atoms with Crippen molar-refractivity contribution in [2.45, 2.75) is 26.2 Å². The van der Waals surface area contributed by atoms with Crippen LogP contribution in [0.1, 0.15) is 23.1 Å². The van der Waals surface area contributed by atoms with Gasteiger partial charge in [-0.05, 0) is 67.0 Å². The first kappa shape index (κ1) is 17.2. The highest BCUT2D eigenvalue weighted by Gasteiger charge is 2.11. The van der Waals surface area contributed by atoms with E-state index >= 15 is 0 Å². The van der Waals surface area contributed by atoms with E-state index in [0.717, 1.165) is 36.0 Å². The average Bonchev–Trinajstić information content (AvgIpc) is 2.56. The molecule has 3 N–H and O–H groups in total. The fraction of sp³-hybridized carbons (Fsp3) is 0.368. The number of phenolic OH excluding ortho intramolecular Hbond substituents is 2. The van der Waals surface area contributed by atoms with Gasteiger partial charge in [0.15, 0.2) is 11.5 Å². The van der Waals surface area contributed by atoms with E-state index in [4.69, 9.17) is 4.74 Å². The first-order valence-electron chi connectivity index (χ1n) is 7.78. The molecule has 0 aliphatic carbocycles. The van der Waals surface area contributed by atoms with Crippen LogP contribution < -0.4 is 4.74 Å². The van der Waals surface area contributed by atoms with Crippen molar-refractivity contribution in [2.24, 2.45) is 5.92 Å². The van der Waals surface area contributed by atoms with Crippen LogP contribution in [0.4, 0.5) is 0 Å². The van der Waals surface area contributed by atoms with Crippen molar-refractivity contribution >= 4 is 0 Å². The number of phenols is 2. The highest BCUT2D eigenvalue weighted by atomic mass is 16.5. The first-order chi connectivity index (χ1) is 11.0. The van der Waals surface area contributed by atoms with Gasteiger partial charge in [-0.15, -0.1) is 0 Å². The molecule has 0 fully saturated rings. The largest absolute Gasteiger partial charge is 0.508 e. The molecule has 124 valence electrons. The summed E-state index contributed by atoms with van der Waals surface area (Å²) in [5.41, 5.74) is 3.03. The number of ether oxygens (including phenoxy) is 1. The van der Waals surface area contributed by atoms with Crippen LogP contribution >= 0.6 is 0 Å². The lowest BCUT2D eigenvalue weighted by Crippen LogP contribution is -2.11. The van der Waals surface area contributed by atoms with Crippen molar-refractivity contribution in [3.63, 3.8) is 0 Å². The predicted octanol–water partition coefficient (Wildman–Crippen LogP) is 3.20. The Bertz CT molecular complexity index is 652. The van der Waals surface area contributed by atoms with Crippen molar-refractivity contribution < 1.29 is 20.1 Å². The highest BCUT2D eigenvalue weighted by Crippen LogP contribution is 2.27. The molecule has 0 aliphatic heterocycles. The van der Waals surface area contributed by atoms with E-state index < -0.39 is 0 Å². The smallest absolute Gasteiger partial charge is 0.160 e. The predicted molar refractivity (Wildman–Crippen MR) is 90.1 cm³/mol. The molecule has 2 rings (SSSR count). The lowest BCUT2D eigenvalue weighted by atomic mass is 9.93. The molecule has 0 saturated heterocycles. The van der Waals surface area contributed by atoms with Crippen molar-refractivity contribution in [1.29, 1.82) is 0 Å². The number of aryl methyl sites for hydroxylation is 2. The normalized spacial score (nSPS) is 12.1. The summed E-state index contributed by atoms with van der Waals surface area (Å²) in [4.78, 5) is 0. The Hall–Kier alpha value is -2.20. The van der Waals surface area contributed by atoms with Gasteiger partial charge >= 0.3 is 0 Å². The number of aliphatic hydroxyl groups is 1. The van der Waals surface area contributed by atoms with E-state index in [9.17, 15) is 15.3 Å². The summed E-state index contributed by atoms with van der Waals surface area (Å²) < 4.78 is 5.12. The minimum Gasteiger partial charge on any atom is -0.508 e. The Morgan fingerprint density at radius 2 is 1.70 bits per heavy atom. The summed E-state index contributed by atoms with van der Waals surface area (Å²) in [6, 6.07) is 10.9. The molecule has 0 saturated carbocycles. The molecule has 0 aromatic heterocycles. The quantitative estimate of drug-likeness (QED) is 0.733. The van der Waals surface area contributed by atoms with Crippen molar-refractivity contribution in [3.05, 3.63) is 53.1 Å². The van der Waals surface area contributed by atoms with Gasteiger partial charge in [0.1, 0.15) is 5.75 Å². The van der Waals surface area contributed by atoms with Crippen LogP contribution in [0.5, 0.6) is 17.2 Å². The number of rotatable bonds is 7. The second-order valence-electron chi connectivity index (χ2n) is 5.92. The molecule has 0 heterocycles. The van der Waals surface area contributed by atoms with Crippen LogP contribution in [0.2, 0.25) is 0 Å². The molecular weight excluding hydrogens is 292 g/mol. The van der Waals surface area contributed by atoms with Crippen molar-refractivity contribution in [3.8, 4) is 17.2 Å². The Labute approximate surface area is 137 Å². The van der Waals surface area contributed by atoms with Crippen LogP contribution in [-0.2, 0) is 12.8 Å². The minimum absolute atomic E-state index is 0.120. The van der Waals surface area contributed by atoms with Crippen LogP contribution in [-0.4, -0.2) is 29.0 Å². The standard InChI is InChI=1S/C19H24O4/c1-13-9-15(6-7-17(13)21)10-16(12-20)4-3-14-5-8-18(22)19(11-14)23-2/h5-9,11,16,20-22H,3-4,10,12H2,1-2H3/t16-/m0/s1. The second-order valence-corrected chi connectivity index (χ2v) is 5.92. The number of hydrogen-bond acceptors (Lipinski definition) is 4. The van der Waals surface area contributed by atoms with E-state index in [1.165, 1.54) is 7.11 Å². The summed E-state index contributed by atoms with van der Waals surface area (Å²) in [6.45, 7) is 1.99. The van der Waals surface area contributed by atoms with Crippen molar-refractivity contribution in [2.75, 3.05) is 13.7 Å². The van der Waals surface area contributed by atoms with Gasteiger partial charge in [-0.2, -0.15) is 0 Å². The zero-order chi connectivity index (χ0) is 16.8. The Kier molecular flexibility index (Phi) is 5.88. The Balaban J connectivity index is 1.98. The number of methoxy groups -OCH3 is 1. The molecule has 2 aromatic rings. The maximum Gasteiger partial charge on any atom is 0.160 e. The van der Waals surface area contributed by atoms with Crippen LogP contribution in [0.3, 0.4) is 0 Å². The summed E-state index contributed by atoms with van der Waals surface area (Å²) in [5, 5.41) is 28.8. The van der Waals surface area contributed by atoms with Gasteiger partial charge in [-0.3, -0.25) is 0 Å². The first-order valence-corrected chi connectivity index (χ1v) is 7.78. The summed E-state index contributed by atoms with van der Waals surface area (Å²) in [6.07, 6.45) is 2.41. The van der Waals surface area contributed by atoms with Gasteiger partial charge in [0.2, 0.25) is 0 Å². The zero-order valence-corrected chi connectivity index (χ0v) is 13.6. The second kappa shape index (κ2) is 7.88. The van der Waals surface area contributed by atoms with E-state index in [0.29, 0.717) is 11.5 Å². The third kappa shape index (κ3) is 4.63. The molecular formula is C19H24O4. The topological polar surface area (TPSA) is 69.9 Å². The molecule has 0 radical (unpaired) electrons. The molecule has 0 bridgehead atoms. The summed E-state index contributed by atoms with van der Waals surface area (Å²) in [7, 11) is 1.53. The van der Waals surface area contributed by atoms with Crippen LogP contribution in [0.25, 0.3) is 0 Å². The van der Waals surface area contributed by atoms with E-state index in [1.807, 2.05) is 31.2 Å². The lowest BCUT2D eigenvalue weighted by molar-refractivity contribution is 0.218. The maximum absolute atomic E-state index is 9.62. The third-order valence-electron chi connectivity index (χ3n) is 4.13. The Morgan fingerprint density at radius 1 is 1.00 bits per heavy atom. The number of aliphatic hydroxyl groups excluding tert-OH is 1. The summed E-state index contributed by atoms with van der Waals surface area (Å²) >= 11 is 0. The van der Waals surface area contributed by atoms with Gasteiger partial charge in [-0.25, -0.2) is 0 Å². The van der Waals surface area contributed by atoms with E-state index in [2.05, 4.69) is 0 Å². The number of hydrogen-bond donors (Lipinski definition) is 3. The third-order valence-corrected chi connectivity index (χ3v) is 4.13. The fourth-order valence-electron chi connectivity index (χ4n) is 2.68. The monoisotopic (exact) mass is 316 g/mol. The average molecular weight is 316 g/mol. The molecule has 0 aliphatic rings. The molecule has 4 heteroatoms. The number of aromatic hydroxyl groups is 2. The molecule has 1 atom stereocenters. The van der Waals surface area contributed by atoms with E-state index in [1.54, 1.807) is 12.1 Å². The molecule has 0 amide bonds. The number of benzene rings is 2. The molecule has 0 spiro atoms. The highest BCUT2D eigenvalue weighted by molar-refractivity contribution is 5.41.